The fourth-order valence-corrected chi connectivity index (χ4v) is 1.50. The van der Waals surface area contributed by atoms with Crippen LogP contribution in [0, 0.1) is 18.6 Å². The molecule has 0 aliphatic rings. The molecule has 1 aromatic carbocycles. The van der Waals surface area contributed by atoms with Gasteiger partial charge >= 0.3 is 5.51 Å². The minimum absolute atomic E-state index is 0.323. The van der Waals surface area contributed by atoms with Gasteiger partial charge in [-0.2, -0.15) is 13.2 Å². The second-order valence-electron chi connectivity index (χ2n) is 2.53. The van der Waals surface area contributed by atoms with Crippen molar-refractivity contribution in [2.24, 2.45) is 0 Å². The first kappa shape index (κ1) is 11.3. The lowest BCUT2D eigenvalue weighted by Gasteiger charge is -2.08. The van der Waals surface area contributed by atoms with Crippen LogP contribution in [0.4, 0.5) is 22.0 Å². The Kier molecular flexibility index (Phi) is 3.04. The van der Waals surface area contributed by atoms with Crippen LogP contribution in [0.15, 0.2) is 17.0 Å². The highest BCUT2D eigenvalue weighted by Crippen LogP contribution is 2.39. The van der Waals surface area contributed by atoms with Gasteiger partial charge in [-0.1, -0.05) is 0 Å². The molecule has 0 amide bonds. The van der Waals surface area contributed by atoms with Gasteiger partial charge in [0.15, 0.2) is 11.6 Å². The van der Waals surface area contributed by atoms with Crippen molar-refractivity contribution in [2.75, 3.05) is 0 Å². The number of thioether (sulfide) groups is 1. The third-order valence-electron chi connectivity index (χ3n) is 1.52. The molecule has 0 saturated heterocycles. The standard InChI is InChI=1S/C8H5F5S/c1-4-6(14-8(11,12)13)3-2-5(9)7(4)10/h2-3H,1H3. The van der Waals surface area contributed by atoms with Crippen LogP contribution in [-0.2, 0) is 0 Å². The van der Waals surface area contributed by atoms with E-state index in [0.717, 1.165) is 13.0 Å². The lowest BCUT2D eigenvalue weighted by molar-refractivity contribution is -0.0328. The summed E-state index contributed by atoms with van der Waals surface area (Å²) in [6.45, 7) is 1.10. The van der Waals surface area contributed by atoms with Crippen molar-refractivity contribution >= 4 is 11.8 Å². The number of hydrogen-bond acceptors (Lipinski definition) is 1. The van der Waals surface area contributed by atoms with E-state index in [4.69, 9.17) is 0 Å². The van der Waals surface area contributed by atoms with Gasteiger partial charge in [0.1, 0.15) is 0 Å². The monoisotopic (exact) mass is 228 g/mol. The maximum atomic E-state index is 12.8. The molecular weight excluding hydrogens is 223 g/mol. The molecule has 0 fully saturated rings. The van der Waals surface area contributed by atoms with Crippen LogP contribution in [0.1, 0.15) is 5.56 Å². The zero-order valence-electron chi connectivity index (χ0n) is 6.95. The summed E-state index contributed by atoms with van der Waals surface area (Å²) in [4.78, 5) is -0.323. The van der Waals surface area contributed by atoms with Gasteiger partial charge in [-0.25, -0.2) is 8.78 Å². The van der Waals surface area contributed by atoms with Crippen LogP contribution in [0.5, 0.6) is 0 Å². The minimum atomic E-state index is -4.49. The second-order valence-corrected chi connectivity index (χ2v) is 3.64. The summed E-state index contributed by atoms with van der Waals surface area (Å²) >= 11 is -0.456. The highest BCUT2D eigenvalue weighted by Gasteiger charge is 2.30. The van der Waals surface area contributed by atoms with E-state index in [0.29, 0.717) is 6.07 Å². The smallest absolute Gasteiger partial charge is 0.204 e. The van der Waals surface area contributed by atoms with Crippen LogP contribution in [-0.4, -0.2) is 5.51 Å². The Morgan fingerprint density at radius 3 is 2.21 bits per heavy atom. The molecule has 0 aliphatic carbocycles. The van der Waals surface area contributed by atoms with Crippen LogP contribution < -0.4 is 0 Å². The molecule has 14 heavy (non-hydrogen) atoms. The highest BCUT2D eigenvalue weighted by molar-refractivity contribution is 8.00. The lowest BCUT2D eigenvalue weighted by Crippen LogP contribution is -2.01. The molecule has 0 saturated carbocycles. The molecule has 0 aromatic heterocycles. The summed E-state index contributed by atoms with van der Waals surface area (Å²) in [5.41, 5.74) is -4.82. The van der Waals surface area contributed by atoms with E-state index in [2.05, 4.69) is 0 Å². The lowest BCUT2D eigenvalue weighted by atomic mass is 10.2. The quantitative estimate of drug-likeness (QED) is 0.519. The van der Waals surface area contributed by atoms with Gasteiger partial charge in [0.2, 0.25) is 0 Å². The van der Waals surface area contributed by atoms with E-state index in [1.165, 1.54) is 0 Å². The summed E-state index contributed by atoms with van der Waals surface area (Å²) in [5, 5.41) is 0. The van der Waals surface area contributed by atoms with E-state index in [9.17, 15) is 22.0 Å². The van der Waals surface area contributed by atoms with E-state index in [1.807, 2.05) is 0 Å². The number of halogens is 5. The minimum Gasteiger partial charge on any atom is -0.204 e. The van der Waals surface area contributed by atoms with Gasteiger partial charge in [0, 0.05) is 10.5 Å². The number of benzene rings is 1. The zero-order chi connectivity index (χ0) is 10.9. The third-order valence-corrected chi connectivity index (χ3v) is 2.41. The van der Waals surface area contributed by atoms with Crippen molar-refractivity contribution in [3.8, 4) is 0 Å². The molecule has 1 aromatic rings. The van der Waals surface area contributed by atoms with Crippen molar-refractivity contribution in [1.82, 2.24) is 0 Å². The van der Waals surface area contributed by atoms with Gasteiger partial charge in [0.05, 0.1) is 0 Å². The Bertz CT molecular complexity index is 344. The second kappa shape index (κ2) is 3.76. The molecule has 1 rings (SSSR count). The summed E-state index contributed by atoms with van der Waals surface area (Å²) in [6.07, 6.45) is 0. The molecular formula is C8H5F5S. The Labute approximate surface area is 81.1 Å². The maximum absolute atomic E-state index is 12.8. The van der Waals surface area contributed by atoms with Crippen LogP contribution in [0.25, 0.3) is 0 Å². The van der Waals surface area contributed by atoms with E-state index in [-0.39, 0.29) is 10.5 Å². The van der Waals surface area contributed by atoms with Crippen molar-refractivity contribution in [2.45, 2.75) is 17.3 Å². The Balaban J connectivity index is 3.06. The maximum Gasteiger partial charge on any atom is 0.446 e. The molecule has 0 heterocycles. The first-order valence-corrected chi connectivity index (χ1v) is 4.33. The van der Waals surface area contributed by atoms with Crippen molar-refractivity contribution < 1.29 is 22.0 Å². The predicted molar refractivity (Wildman–Crippen MR) is 43.0 cm³/mol. The van der Waals surface area contributed by atoms with Crippen LogP contribution in [0.3, 0.4) is 0 Å². The summed E-state index contributed by atoms with van der Waals surface area (Å²) in [6, 6.07) is 1.59. The van der Waals surface area contributed by atoms with Crippen molar-refractivity contribution in [3.63, 3.8) is 0 Å². The topological polar surface area (TPSA) is 0 Å². The molecule has 6 heteroatoms. The van der Waals surface area contributed by atoms with Crippen LogP contribution in [0.2, 0.25) is 0 Å². The molecule has 0 unspecified atom stereocenters. The fraction of sp³-hybridized carbons (Fsp3) is 0.250. The molecule has 0 nitrogen and oxygen atoms in total. The first-order valence-electron chi connectivity index (χ1n) is 3.51. The number of rotatable bonds is 1. The van der Waals surface area contributed by atoms with Crippen molar-refractivity contribution in [3.05, 3.63) is 29.3 Å². The average molecular weight is 228 g/mol. The zero-order valence-corrected chi connectivity index (χ0v) is 7.77. The van der Waals surface area contributed by atoms with Crippen molar-refractivity contribution in [1.29, 1.82) is 0 Å². The summed E-state index contributed by atoms with van der Waals surface area (Å²) in [5.74, 6) is -2.38. The van der Waals surface area contributed by atoms with E-state index < -0.39 is 28.9 Å². The van der Waals surface area contributed by atoms with Crippen LogP contribution >= 0.6 is 11.8 Å². The van der Waals surface area contributed by atoms with Gasteiger partial charge < -0.3 is 0 Å². The third kappa shape index (κ3) is 2.60. The van der Waals surface area contributed by atoms with Gasteiger partial charge in [-0.05, 0) is 30.8 Å². The molecule has 0 aliphatic heterocycles. The Morgan fingerprint density at radius 1 is 1.14 bits per heavy atom. The molecule has 0 bridgehead atoms. The Morgan fingerprint density at radius 2 is 1.71 bits per heavy atom. The first-order chi connectivity index (χ1) is 6.31. The highest BCUT2D eigenvalue weighted by atomic mass is 32.2. The summed E-state index contributed by atoms with van der Waals surface area (Å²) in [7, 11) is 0. The predicted octanol–water partition coefficient (Wildman–Crippen LogP) is 3.89. The SMILES string of the molecule is Cc1c(SC(F)(F)F)ccc(F)c1F. The molecule has 78 valence electrons. The van der Waals surface area contributed by atoms with Gasteiger partial charge in [-0.3, -0.25) is 0 Å². The number of hydrogen-bond donors (Lipinski definition) is 0. The largest absolute Gasteiger partial charge is 0.446 e. The molecule has 0 radical (unpaired) electrons. The van der Waals surface area contributed by atoms with Gasteiger partial charge in [0.25, 0.3) is 0 Å². The number of alkyl halides is 3. The average Bonchev–Trinajstić information content (AvgIpc) is 2.04. The fourth-order valence-electron chi connectivity index (χ4n) is 0.870. The molecule has 0 spiro atoms. The van der Waals surface area contributed by atoms with E-state index >= 15 is 0 Å². The normalized spacial score (nSPS) is 11.9. The Hall–Kier alpha value is -0.780. The molecule has 0 atom stereocenters. The summed E-state index contributed by atoms with van der Waals surface area (Å²) < 4.78 is 61.0. The van der Waals surface area contributed by atoms with Gasteiger partial charge in [-0.15, -0.1) is 0 Å². The molecule has 0 N–H and O–H groups in total. The van der Waals surface area contributed by atoms with E-state index in [1.54, 1.807) is 0 Å².